The molecule has 4 nitrogen and oxygen atoms in total. The van der Waals surface area contributed by atoms with Gasteiger partial charge in [0.15, 0.2) is 0 Å². The first-order valence-corrected chi connectivity index (χ1v) is 3.81. The van der Waals surface area contributed by atoms with Gasteiger partial charge in [0, 0.05) is 0 Å². The van der Waals surface area contributed by atoms with E-state index in [4.69, 9.17) is 17.3 Å². The number of nitrogens with two attached hydrogens (primary N) is 1. The number of aromatic nitrogens is 2. The Labute approximate surface area is 80.1 Å². The highest BCUT2D eigenvalue weighted by Gasteiger charge is 1.90. The minimum Gasteiger partial charge on any atom is -0.369 e. The van der Waals surface area contributed by atoms with Gasteiger partial charge in [-0.15, -0.1) is 0 Å². The summed E-state index contributed by atoms with van der Waals surface area (Å²) in [6.45, 7) is 0. The summed E-state index contributed by atoms with van der Waals surface area (Å²) >= 11 is 5.55. The largest absolute Gasteiger partial charge is 0.369 e. The Morgan fingerprint density at radius 3 is 2.69 bits per heavy atom. The molecular formula is C8H6ClN3O. The van der Waals surface area contributed by atoms with Gasteiger partial charge >= 0.3 is 0 Å². The quantitative estimate of drug-likeness (QED) is 0.658. The van der Waals surface area contributed by atoms with Crippen molar-refractivity contribution in [3.05, 3.63) is 23.2 Å². The molecule has 0 spiro atoms. The Hall–Kier alpha value is -1.60. The average molecular weight is 196 g/mol. The molecule has 5 heteroatoms. The number of primary amides is 1. The lowest BCUT2D eigenvalue weighted by molar-refractivity contribution is -0.117. The van der Waals surface area contributed by atoms with E-state index >= 15 is 0 Å². The van der Waals surface area contributed by atoms with Crippen molar-refractivity contribution in [1.82, 2.24) is 9.97 Å². The van der Waals surface area contributed by atoms with E-state index in [0.717, 1.165) is 0 Å². The molecule has 1 aromatic heterocycles. The van der Waals surface area contributed by atoms with Crippen molar-refractivity contribution in [1.29, 1.82) is 0 Å². The van der Waals surface area contributed by atoms with Crippen LogP contribution in [-0.2, 0) is 4.79 Å². The van der Waals surface area contributed by atoms with Crippen LogP contribution in [0.4, 0.5) is 0 Å². The molecule has 0 saturated heterocycles. The van der Waals surface area contributed by atoms with Crippen molar-refractivity contribution in [3.63, 3.8) is 0 Å². The maximum Gasteiger partial charge on any atom is 0.229 e. The van der Waals surface area contributed by atoms with Gasteiger partial charge in [0.1, 0.15) is 0 Å². The summed E-state index contributed by atoms with van der Waals surface area (Å²) in [5.41, 5.74) is 4.88. The van der Waals surface area contributed by atoms with E-state index in [9.17, 15) is 4.79 Å². The molecule has 0 saturated carbocycles. The van der Waals surface area contributed by atoms with Gasteiger partial charge < -0.3 is 5.73 Å². The SMILES string of the molecule is NC(=O)CC#Cc1ncc(Cl)cn1. The van der Waals surface area contributed by atoms with Gasteiger partial charge in [-0.3, -0.25) is 4.79 Å². The normalized spacial score (nSPS) is 8.69. The van der Waals surface area contributed by atoms with E-state index in [1.807, 2.05) is 0 Å². The van der Waals surface area contributed by atoms with E-state index < -0.39 is 5.91 Å². The van der Waals surface area contributed by atoms with E-state index in [0.29, 0.717) is 10.8 Å². The Kier molecular flexibility index (Phi) is 3.23. The van der Waals surface area contributed by atoms with Crippen molar-refractivity contribution in [3.8, 4) is 11.8 Å². The van der Waals surface area contributed by atoms with Crippen molar-refractivity contribution < 1.29 is 4.79 Å². The van der Waals surface area contributed by atoms with Crippen LogP contribution >= 0.6 is 11.6 Å². The molecule has 0 atom stereocenters. The summed E-state index contributed by atoms with van der Waals surface area (Å²) in [4.78, 5) is 17.9. The van der Waals surface area contributed by atoms with Crippen LogP contribution < -0.4 is 5.73 Å². The second-order valence-electron chi connectivity index (χ2n) is 2.17. The number of hydrogen-bond donors (Lipinski definition) is 1. The molecule has 0 aliphatic carbocycles. The number of hydrogen-bond acceptors (Lipinski definition) is 3. The summed E-state index contributed by atoms with van der Waals surface area (Å²) in [7, 11) is 0. The standard InChI is InChI=1S/C8H6ClN3O/c9-6-4-11-8(12-5-6)3-1-2-7(10)13/h4-5H,2H2,(H2,10,13). The minimum atomic E-state index is -0.471. The maximum atomic E-state index is 10.3. The van der Waals surface area contributed by atoms with Gasteiger partial charge in [0.05, 0.1) is 23.8 Å². The molecule has 0 aromatic carbocycles. The lowest BCUT2D eigenvalue weighted by atomic mass is 10.4. The fourth-order valence-corrected chi connectivity index (χ4v) is 0.685. The zero-order valence-corrected chi connectivity index (χ0v) is 7.38. The third-order valence-corrected chi connectivity index (χ3v) is 1.28. The third-order valence-electron chi connectivity index (χ3n) is 1.08. The number of nitrogens with zero attached hydrogens (tertiary/aromatic N) is 2. The number of amides is 1. The molecule has 1 amide bonds. The number of carbonyl (C=O) groups excluding carboxylic acids is 1. The van der Waals surface area contributed by atoms with Gasteiger partial charge in [-0.1, -0.05) is 17.5 Å². The van der Waals surface area contributed by atoms with Crippen LogP contribution in [0.3, 0.4) is 0 Å². The number of halogens is 1. The van der Waals surface area contributed by atoms with Crippen LogP contribution in [0.5, 0.6) is 0 Å². The van der Waals surface area contributed by atoms with Crippen LogP contribution in [0.15, 0.2) is 12.4 Å². The third kappa shape index (κ3) is 3.54. The van der Waals surface area contributed by atoms with Crippen molar-refractivity contribution in [2.45, 2.75) is 6.42 Å². The molecule has 1 aromatic rings. The highest BCUT2D eigenvalue weighted by molar-refractivity contribution is 6.30. The molecule has 0 fully saturated rings. The molecule has 13 heavy (non-hydrogen) atoms. The first kappa shape index (κ1) is 9.49. The van der Waals surface area contributed by atoms with E-state index in [-0.39, 0.29) is 6.42 Å². The van der Waals surface area contributed by atoms with Crippen LogP contribution in [0.2, 0.25) is 5.02 Å². The number of carbonyl (C=O) groups is 1. The molecule has 0 aliphatic rings. The Morgan fingerprint density at radius 1 is 1.54 bits per heavy atom. The molecular weight excluding hydrogens is 190 g/mol. The van der Waals surface area contributed by atoms with E-state index in [1.54, 1.807) is 0 Å². The van der Waals surface area contributed by atoms with Gasteiger partial charge in [-0.05, 0) is 5.92 Å². The smallest absolute Gasteiger partial charge is 0.229 e. The van der Waals surface area contributed by atoms with Gasteiger partial charge in [0.25, 0.3) is 0 Å². The van der Waals surface area contributed by atoms with Crippen molar-refractivity contribution in [2.75, 3.05) is 0 Å². The highest BCUT2D eigenvalue weighted by atomic mass is 35.5. The van der Waals surface area contributed by atoms with Gasteiger partial charge in [0.2, 0.25) is 11.7 Å². The fourth-order valence-electron chi connectivity index (χ4n) is 0.587. The zero-order chi connectivity index (χ0) is 9.68. The first-order chi connectivity index (χ1) is 6.18. The molecule has 2 N–H and O–H groups in total. The lowest BCUT2D eigenvalue weighted by Gasteiger charge is -1.87. The maximum absolute atomic E-state index is 10.3. The van der Waals surface area contributed by atoms with Gasteiger partial charge in [-0.2, -0.15) is 0 Å². The second-order valence-corrected chi connectivity index (χ2v) is 2.61. The van der Waals surface area contributed by atoms with E-state index in [2.05, 4.69) is 21.8 Å². The first-order valence-electron chi connectivity index (χ1n) is 3.43. The van der Waals surface area contributed by atoms with Crippen LogP contribution in [0, 0.1) is 11.8 Å². The average Bonchev–Trinajstić information content (AvgIpc) is 2.08. The van der Waals surface area contributed by atoms with E-state index in [1.165, 1.54) is 12.4 Å². The van der Waals surface area contributed by atoms with Gasteiger partial charge in [-0.25, -0.2) is 9.97 Å². The topological polar surface area (TPSA) is 68.9 Å². The summed E-state index contributed by atoms with van der Waals surface area (Å²) in [6.07, 6.45) is 2.87. The monoisotopic (exact) mass is 195 g/mol. The molecule has 1 rings (SSSR count). The summed E-state index contributed by atoms with van der Waals surface area (Å²) in [6, 6.07) is 0. The van der Waals surface area contributed by atoms with Crippen LogP contribution in [0.25, 0.3) is 0 Å². The minimum absolute atomic E-state index is 0.00594. The molecule has 0 aliphatic heterocycles. The highest BCUT2D eigenvalue weighted by Crippen LogP contribution is 2.01. The summed E-state index contributed by atoms with van der Waals surface area (Å²) in [5, 5.41) is 0.445. The predicted molar refractivity (Wildman–Crippen MR) is 47.7 cm³/mol. The Morgan fingerprint density at radius 2 is 2.15 bits per heavy atom. The molecule has 0 unspecified atom stereocenters. The summed E-state index contributed by atoms with van der Waals surface area (Å²) < 4.78 is 0. The lowest BCUT2D eigenvalue weighted by Crippen LogP contribution is -2.08. The number of rotatable bonds is 1. The molecule has 66 valence electrons. The van der Waals surface area contributed by atoms with Crippen molar-refractivity contribution >= 4 is 17.5 Å². The molecule has 0 radical (unpaired) electrons. The second kappa shape index (κ2) is 4.43. The molecule has 0 bridgehead atoms. The molecule has 1 heterocycles. The predicted octanol–water partition coefficient (Wildman–Crippen LogP) is 0.357. The van der Waals surface area contributed by atoms with Crippen LogP contribution in [-0.4, -0.2) is 15.9 Å². The fraction of sp³-hybridized carbons (Fsp3) is 0.125. The zero-order valence-electron chi connectivity index (χ0n) is 6.62. The Bertz CT molecular complexity index is 363. The summed E-state index contributed by atoms with van der Waals surface area (Å²) in [5.74, 6) is 4.95. The van der Waals surface area contributed by atoms with Crippen molar-refractivity contribution in [2.24, 2.45) is 5.73 Å². The Balaban J connectivity index is 2.67. The van der Waals surface area contributed by atoms with Crippen LogP contribution in [0.1, 0.15) is 12.2 Å².